The molecule has 0 radical (unpaired) electrons. The van der Waals surface area contributed by atoms with E-state index in [2.05, 4.69) is 0 Å². The Balaban J connectivity index is 2.31. The molecule has 0 fully saturated rings. The molecule has 0 saturated heterocycles. The van der Waals surface area contributed by atoms with Gasteiger partial charge in [0.15, 0.2) is 0 Å². The van der Waals surface area contributed by atoms with Crippen molar-refractivity contribution in [2.24, 2.45) is 0 Å². The summed E-state index contributed by atoms with van der Waals surface area (Å²) in [5.41, 5.74) is 1.37. The summed E-state index contributed by atoms with van der Waals surface area (Å²) < 4.78 is 13.5. The molecule has 0 bridgehead atoms. The average Bonchev–Trinajstić information content (AvgIpc) is 2.34. The van der Waals surface area contributed by atoms with Crippen LogP contribution in [0.5, 0.6) is 0 Å². The zero-order valence-corrected chi connectivity index (χ0v) is 10.1. The monoisotopic (exact) mass is 264 g/mol. The van der Waals surface area contributed by atoms with E-state index in [0.717, 1.165) is 5.56 Å². The minimum absolute atomic E-state index is 0.190. The van der Waals surface area contributed by atoms with Crippen LogP contribution in [0.15, 0.2) is 42.5 Å². The molecule has 0 unspecified atom stereocenters. The van der Waals surface area contributed by atoms with Crippen molar-refractivity contribution in [3.63, 3.8) is 0 Å². The van der Waals surface area contributed by atoms with E-state index < -0.39 is 5.97 Å². The maximum atomic E-state index is 13.5. The van der Waals surface area contributed by atoms with Gasteiger partial charge in [0.1, 0.15) is 5.82 Å². The fourth-order valence-electron chi connectivity index (χ4n) is 1.71. The molecule has 4 heteroatoms. The van der Waals surface area contributed by atoms with Crippen LogP contribution < -0.4 is 0 Å². The van der Waals surface area contributed by atoms with Crippen LogP contribution in [0.1, 0.15) is 21.5 Å². The van der Waals surface area contributed by atoms with Crippen LogP contribution in [-0.2, 0) is 6.42 Å². The zero-order chi connectivity index (χ0) is 13.1. The largest absolute Gasteiger partial charge is 0.478 e. The SMILES string of the molecule is O=C(O)c1cccc(Cc2cc(Cl)ccc2F)c1. The van der Waals surface area contributed by atoms with Gasteiger partial charge in [-0.25, -0.2) is 9.18 Å². The molecule has 92 valence electrons. The zero-order valence-electron chi connectivity index (χ0n) is 9.36. The molecule has 0 amide bonds. The van der Waals surface area contributed by atoms with Crippen molar-refractivity contribution in [3.8, 4) is 0 Å². The Morgan fingerprint density at radius 2 is 2.00 bits per heavy atom. The van der Waals surface area contributed by atoms with Gasteiger partial charge in [-0.2, -0.15) is 0 Å². The molecule has 0 heterocycles. The van der Waals surface area contributed by atoms with Crippen molar-refractivity contribution >= 4 is 17.6 Å². The van der Waals surface area contributed by atoms with Crippen LogP contribution in [0.2, 0.25) is 5.02 Å². The minimum Gasteiger partial charge on any atom is -0.478 e. The molecule has 1 N–H and O–H groups in total. The highest BCUT2D eigenvalue weighted by molar-refractivity contribution is 6.30. The van der Waals surface area contributed by atoms with Crippen molar-refractivity contribution in [2.75, 3.05) is 0 Å². The second-order valence-corrected chi connectivity index (χ2v) is 4.35. The predicted molar refractivity (Wildman–Crippen MR) is 67.6 cm³/mol. The number of carboxylic acids is 1. The number of carboxylic acid groups (broad SMARTS) is 1. The van der Waals surface area contributed by atoms with Crippen LogP contribution in [0.3, 0.4) is 0 Å². The quantitative estimate of drug-likeness (QED) is 0.916. The molecule has 0 aromatic heterocycles. The Morgan fingerprint density at radius 3 is 2.72 bits per heavy atom. The lowest BCUT2D eigenvalue weighted by molar-refractivity contribution is 0.0697. The third kappa shape index (κ3) is 2.87. The first kappa shape index (κ1) is 12.6. The first-order chi connectivity index (χ1) is 8.56. The molecule has 18 heavy (non-hydrogen) atoms. The molecular formula is C14H10ClFO2. The number of hydrogen-bond donors (Lipinski definition) is 1. The standard InChI is InChI=1S/C14H10ClFO2/c15-12-4-5-13(16)11(8-12)7-9-2-1-3-10(6-9)14(17)18/h1-6,8H,7H2,(H,17,18). The van der Waals surface area contributed by atoms with Gasteiger partial charge in [-0.1, -0.05) is 23.7 Å². The van der Waals surface area contributed by atoms with Crippen molar-refractivity contribution < 1.29 is 14.3 Å². The van der Waals surface area contributed by atoms with E-state index in [0.29, 0.717) is 17.0 Å². The summed E-state index contributed by atoms with van der Waals surface area (Å²) in [5.74, 6) is -1.34. The van der Waals surface area contributed by atoms with E-state index in [1.54, 1.807) is 18.2 Å². The highest BCUT2D eigenvalue weighted by Crippen LogP contribution is 2.19. The van der Waals surface area contributed by atoms with Crippen LogP contribution >= 0.6 is 11.6 Å². The first-order valence-electron chi connectivity index (χ1n) is 5.32. The Kier molecular flexibility index (Phi) is 3.63. The van der Waals surface area contributed by atoms with Gasteiger partial charge >= 0.3 is 5.97 Å². The smallest absolute Gasteiger partial charge is 0.335 e. The Bertz CT molecular complexity index is 596. The van der Waals surface area contributed by atoms with Gasteiger partial charge in [0, 0.05) is 11.4 Å². The van der Waals surface area contributed by atoms with Crippen LogP contribution in [-0.4, -0.2) is 11.1 Å². The van der Waals surface area contributed by atoms with Crippen molar-refractivity contribution in [2.45, 2.75) is 6.42 Å². The van der Waals surface area contributed by atoms with Gasteiger partial charge in [-0.15, -0.1) is 0 Å². The fourth-order valence-corrected chi connectivity index (χ4v) is 1.91. The number of halogens is 2. The molecule has 0 aliphatic rings. The molecule has 0 atom stereocenters. The number of benzene rings is 2. The third-order valence-corrected chi connectivity index (χ3v) is 2.81. The summed E-state index contributed by atoms with van der Waals surface area (Å²) in [6, 6.07) is 10.8. The third-order valence-electron chi connectivity index (χ3n) is 2.58. The van der Waals surface area contributed by atoms with Gasteiger partial charge in [0.05, 0.1) is 5.56 Å². The molecular weight excluding hydrogens is 255 g/mol. The van der Waals surface area contributed by atoms with E-state index in [1.165, 1.54) is 24.3 Å². The molecule has 0 aliphatic carbocycles. The predicted octanol–water partition coefficient (Wildman–Crippen LogP) is 3.77. The van der Waals surface area contributed by atoms with E-state index in [-0.39, 0.29) is 11.4 Å². The van der Waals surface area contributed by atoms with E-state index in [4.69, 9.17) is 16.7 Å². The van der Waals surface area contributed by atoms with Gasteiger partial charge < -0.3 is 5.11 Å². The topological polar surface area (TPSA) is 37.3 Å². The lowest BCUT2D eigenvalue weighted by Gasteiger charge is -2.05. The van der Waals surface area contributed by atoms with E-state index in [9.17, 15) is 9.18 Å². The first-order valence-corrected chi connectivity index (χ1v) is 5.70. The van der Waals surface area contributed by atoms with Crippen molar-refractivity contribution in [1.82, 2.24) is 0 Å². The number of rotatable bonds is 3. The highest BCUT2D eigenvalue weighted by Gasteiger charge is 2.07. The summed E-state index contributed by atoms with van der Waals surface area (Å²) in [5, 5.41) is 9.34. The maximum Gasteiger partial charge on any atom is 0.335 e. The molecule has 0 spiro atoms. The molecule has 2 rings (SSSR count). The number of aromatic carboxylic acids is 1. The summed E-state index contributed by atoms with van der Waals surface area (Å²) in [6.07, 6.45) is 0.313. The van der Waals surface area contributed by atoms with Gasteiger partial charge in [0.25, 0.3) is 0 Å². The Hall–Kier alpha value is -1.87. The van der Waals surface area contributed by atoms with E-state index in [1.807, 2.05) is 0 Å². The lowest BCUT2D eigenvalue weighted by Crippen LogP contribution is -1.98. The molecule has 0 saturated carbocycles. The summed E-state index contributed by atoms with van der Waals surface area (Å²) >= 11 is 5.80. The molecule has 2 aromatic rings. The van der Waals surface area contributed by atoms with Crippen molar-refractivity contribution in [1.29, 1.82) is 0 Å². The highest BCUT2D eigenvalue weighted by atomic mass is 35.5. The summed E-state index contributed by atoms with van der Waals surface area (Å²) in [7, 11) is 0. The lowest BCUT2D eigenvalue weighted by atomic mass is 10.0. The molecule has 2 nitrogen and oxygen atoms in total. The van der Waals surface area contributed by atoms with Gasteiger partial charge in [0.2, 0.25) is 0 Å². The van der Waals surface area contributed by atoms with E-state index >= 15 is 0 Å². The maximum absolute atomic E-state index is 13.5. The average molecular weight is 265 g/mol. The minimum atomic E-state index is -0.997. The van der Waals surface area contributed by atoms with Gasteiger partial charge in [-0.05, 0) is 41.5 Å². The normalized spacial score (nSPS) is 10.3. The molecule has 2 aromatic carbocycles. The molecule has 0 aliphatic heterocycles. The number of hydrogen-bond acceptors (Lipinski definition) is 1. The van der Waals surface area contributed by atoms with Gasteiger partial charge in [-0.3, -0.25) is 0 Å². The number of carbonyl (C=O) groups is 1. The summed E-state index contributed by atoms with van der Waals surface area (Å²) in [4.78, 5) is 10.8. The fraction of sp³-hybridized carbons (Fsp3) is 0.0714. The van der Waals surface area contributed by atoms with Crippen molar-refractivity contribution in [3.05, 3.63) is 70.0 Å². The van der Waals surface area contributed by atoms with Crippen LogP contribution in [0.25, 0.3) is 0 Å². The second-order valence-electron chi connectivity index (χ2n) is 3.92. The Morgan fingerprint density at radius 1 is 1.22 bits per heavy atom. The summed E-state index contributed by atoms with van der Waals surface area (Å²) in [6.45, 7) is 0. The van der Waals surface area contributed by atoms with Crippen LogP contribution in [0.4, 0.5) is 4.39 Å². The van der Waals surface area contributed by atoms with Crippen LogP contribution in [0, 0.1) is 5.82 Å². The second kappa shape index (κ2) is 5.19. The Labute approximate surface area is 109 Å².